The molecule has 0 aliphatic carbocycles. The van der Waals surface area contributed by atoms with Crippen molar-refractivity contribution >= 4 is 37.8 Å². The van der Waals surface area contributed by atoms with E-state index in [9.17, 15) is 4.79 Å². The molecule has 3 nitrogen and oxygen atoms in total. The second kappa shape index (κ2) is 7.84. The van der Waals surface area contributed by atoms with E-state index in [2.05, 4.69) is 49.4 Å². The van der Waals surface area contributed by atoms with Gasteiger partial charge in [-0.15, -0.1) is 0 Å². The lowest BCUT2D eigenvalue weighted by Gasteiger charge is -2.08. The smallest absolute Gasteiger partial charge is 0.252 e. The molecule has 0 atom stereocenters. The van der Waals surface area contributed by atoms with Crippen LogP contribution in [-0.4, -0.2) is 25.5 Å². The molecular formula is C12H16Br2N2O. The van der Waals surface area contributed by atoms with E-state index in [1.54, 1.807) is 6.07 Å². The van der Waals surface area contributed by atoms with Crippen molar-refractivity contribution in [2.24, 2.45) is 0 Å². The average Bonchev–Trinajstić information content (AvgIpc) is 2.32. The number of carbonyl (C=O) groups is 1. The summed E-state index contributed by atoms with van der Waals surface area (Å²) in [5.41, 5.74) is 0.648. The van der Waals surface area contributed by atoms with Gasteiger partial charge < -0.3 is 10.6 Å². The summed E-state index contributed by atoms with van der Waals surface area (Å²) in [7, 11) is 0. The minimum Gasteiger partial charge on any atom is -0.351 e. The SMILES string of the molecule is CCCNCCNC(=O)c1cc(Br)ccc1Br. The van der Waals surface area contributed by atoms with Crippen LogP contribution in [0.4, 0.5) is 0 Å². The molecule has 2 N–H and O–H groups in total. The monoisotopic (exact) mass is 362 g/mol. The number of rotatable bonds is 6. The van der Waals surface area contributed by atoms with Crippen LogP contribution in [0.5, 0.6) is 0 Å². The number of hydrogen-bond donors (Lipinski definition) is 2. The molecule has 0 unspecified atom stereocenters. The van der Waals surface area contributed by atoms with E-state index in [1.807, 2.05) is 12.1 Å². The van der Waals surface area contributed by atoms with Gasteiger partial charge in [0.15, 0.2) is 0 Å². The maximum atomic E-state index is 11.9. The largest absolute Gasteiger partial charge is 0.351 e. The first-order valence-corrected chi connectivity index (χ1v) is 7.17. The van der Waals surface area contributed by atoms with Gasteiger partial charge in [0.05, 0.1) is 5.56 Å². The first-order chi connectivity index (χ1) is 8.15. The Morgan fingerprint density at radius 1 is 1.24 bits per heavy atom. The molecule has 1 aromatic rings. The summed E-state index contributed by atoms with van der Waals surface area (Å²) in [6, 6.07) is 5.55. The van der Waals surface area contributed by atoms with E-state index in [1.165, 1.54) is 0 Å². The highest BCUT2D eigenvalue weighted by Crippen LogP contribution is 2.21. The van der Waals surface area contributed by atoms with Gasteiger partial charge in [0, 0.05) is 22.0 Å². The molecule has 5 heteroatoms. The lowest BCUT2D eigenvalue weighted by Crippen LogP contribution is -2.32. The number of halogens is 2. The van der Waals surface area contributed by atoms with Crippen LogP contribution in [0.15, 0.2) is 27.1 Å². The molecule has 1 aromatic carbocycles. The van der Waals surface area contributed by atoms with Crippen LogP contribution in [0.2, 0.25) is 0 Å². The van der Waals surface area contributed by atoms with Gasteiger partial charge in [-0.3, -0.25) is 4.79 Å². The second-order valence-corrected chi connectivity index (χ2v) is 5.40. The summed E-state index contributed by atoms with van der Waals surface area (Å²) in [5, 5.41) is 6.11. The van der Waals surface area contributed by atoms with Gasteiger partial charge in [-0.05, 0) is 47.1 Å². The maximum Gasteiger partial charge on any atom is 0.252 e. The number of carbonyl (C=O) groups excluding carboxylic acids is 1. The summed E-state index contributed by atoms with van der Waals surface area (Å²) in [6.07, 6.45) is 1.10. The molecule has 0 aromatic heterocycles. The van der Waals surface area contributed by atoms with Gasteiger partial charge in [-0.1, -0.05) is 22.9 Å². The Morgan fingerprint density at radius 3 is 2.71 bits per heavy atom. The molecule has 1 rings (SSSR count). The van der Waals surface area contributed by atoms with Crippen molar-refractivity contribution < 1.29 is 4.79 Å². The summed E-state index contributed by atoms with van der Waals surface area (Å²) in [6.45, 7) is 4.53. The van der Waals surface area contributed by atoms with Crippen LogP contribution < -0.4 is 10.6 Å². The summed E-state index contributed by atoms with van der Waals surface area (Å²) in [5.74, 6) is -0.0588. The number of hydrogen-bond acceptors (Lipinski definition) is 2. The van der Waals surface area contributed by atoms with E-state index in [4.69, 9.17) is 0 Å². The van der Waals surface area contributed by atoms with Crippen LogP contribution in [-0.2, 0) is 0 Å². The molecule has 0 aliphatic heterocycles. The molecule has 0 spiro atoms. The van der Waals surface area contributed by atoms with E-state index in [0.29, 0.717) is 12.1 Å². The zero-order valence-corrected chi connectivity index (χ0v) is 12.9. The van der Waals surface area contributed by atoms with E-state index >= 15 is 0 Å². The second-order valence-electron chi connectivity index (χ2n) is 3.63. The molecule has 0 aliphatic rings. The van der Waals surface area contributed by atoms with Crippen molar-refractivity contribution in [2.45, 2.75) is 13.3 Å². The average molecular weight is 364 g/mol. The first kappa shape index (κ1) is 14.7. The number of amides is 1. The van der Waals surface area contributed by atoms with Crippen LogP contribution in [0, 0.1) is 0 Å². The van der Waals surface area contributed by atoms with Crippen molar-refractivity contribution in [3.8, 4) is 0 Å². The Morgan fingerprint density at radius 2 is 2.00 bits per heavy atom. The highest BCUT2D eigenvalue weighted by molar-refractivity contribution is 9.11. The summed E-state index contributed by atoms with van der Waals surface area (Å²) < 4.78 is 1.70. The van der Waals surface area contributed by atoms with Crippen LogP contribution in [0.25, 0.3) is 0 Å². The third kappa shape index (κ3) is 5.19. The fourth-order valence-corrected chi connectivity index (χ4v) is 2.12. The van der Waals surface area contributed by atoms with Crippen LogP contribution >= 0.6 is 31.9 Å². The quantitative estimate of drug-likeness (QED) is 0.763. The molecular weight excluding hydrogens is 348 g/mol. The predicted octanol–water partition coefficient (Wildman–Crippen LogP) is 2.94. The van der Waals surface area contributed by atoms with E-state index < -0.39 is 0 Å². The van der Waals surface area contributed by atoms with Gasteiger partial charge in [0.2, 0.25) is 0 Å². The molecule has 94 valence electrons. The zero-order chi connectivity index (χ0) is 12.7. The van der Waals surface area contributed by atoms with Crippen molar-refractivity contribution in [1.82, 2.24) is 10.6 Å². The zero-order valence-electron chi connectivity index (χ0n) is 9.72. The molecule has 0 radical (unpaired) electrons. The maximum absolute atomic E-state index is 11.9. The summed E-state index contributed by atoms with van der Waals surface area (Å²) in [4.78, 5) is 11.9. The summed E-state index contributed by atoms with van der Waals surface area (Å²) >= 11 is 6.72. The van der Waals surface area contributed by atoms with Crippen molar-refractivity contribution in [1.29, 1.82) is 0 Å². The molecule has 0 saturated carbocycles. The third-order valence-corrected chi connectivity index (χ3v) is 3.37. The third-order valence-electron chi connectivity index (χ3n) is 2.19. The fraction of sp³-hybridized carbons (Fsp3) is 0.417. The minimum atomic E-state index is -0.0588. The highest BCUT2D eigenvalue weighted by Gasteiger charge is 2.09. The van der Waals surface area contributed by atoms with Crippen LogP contribution in [0.1, 0.15) is 23.7 Å². The fourth-order valence-electron chi connectivity index (χ4n) is 1.33. The molecule has 0 fully saturated rings. The molecule has 17 heavy (non-hydrogen) atoms. The Kier molecular flexibility index (Phi) is 6.77. The first-order valence-electron chi connectivity index (χ1n) is 5.59. The Labute approximate surface area is 119 Å². The highest BCUT2D eigenvalue weighted by atomic mass is 79.9. The standard InChI is InChI=1S/C12H16Br2N2O/c1-2-5-15-6-7-16-12(17)10-8-9(13)3-4-11(10)14/h3-4,8,15H,2,5-7H2,1H3,(H,16,17). The van der Waals surface area contributed by atoms with E-state index in [-0.39, 0.29) is 5.91 Å². The van der Waals surface area contributed by atoms with Gasteiger partial charge in [0.1, 0.15) is 0 Å². The Hall–Kier alpha value is -0.390. The molecule has 0 heterocycles. The van der Waals surface area contributed by atoms with Crippen molar-refractivity contribution in [3.05, 3.63) is 32.7 Å². The number of benzene rings is 1. The lowest BCUT2D eigenvalue weighted by atomic mass is 10.2. The number of nitrogens with one attached hydrogen (secondary N) is 2. The molecule has 0 bridgehead atoms. The van der Waals surface area contributed by atoms with Gasteiger partial charge in [0.25, 0.3) is 5.91 Å². The van der Waals surface area contributed by atoms with Gasteiger partial charge in [-0.25, -0.2) is 0 Å². The Bertz CT molecular complexity index is 383. The Balaban J connectivity index is 2.44. The van der Waals surface area contributed by atoms with Crippen LogP contribution in [0.3, 0.4) is 0 Å². The predicted molar refractivity (Wildman–Crippen MR) is 77.3 cm³/mol. The lowest BCUT2D eigenvalue weighted by molar-refractivity contribution is 0.0953. The van der Waals surface area contributed by atoms with Gasteiger partial charge >= 0.3 is 0 Å². The van der Waals surface area contributed by atoms with Gasteiger partial charge in [-0.2, -0.15) is 0 Å². The van der Waals surface area contributed by atoms with Crippen molar-refractivity contribution in [2.75, 3.05) is 19.6 Å². The minimum absolute atomic E-state index is 0.0588. The topological polar surface area (TPSA) is 41.1 Å². The molecule has 0 saturated heterocycles. The van der Waals surface area contributed by atoms with Crippen molar-refractivity contribution in [3.63, 3.8) is 0 Å². The normalized spacial score (nSPS) is 10.3. The molecule has 1 amide bonds. The van der Waals surface area contributed by atoms with E-state index in [0.717, 1.165) is 28.5 Å².